The Balaban J connectivity index is 0.912. The number of hydrogen-bond acceptors (Lipinski definition) is 10. The minimum atomic E-state index is -1.28. The van der Waals surface area contributed by atoms with E-state index < -0.39 is 23.1 Å². The van der Waals surface area contributed by atoms with E-state index in [9.17, 15) is 19.8 Å². The van der Waals surface area contributed by atoms with Crippen molar-refractivity contribution in [3.8, 4) is 57.5 Å². The van der Waals surface area contributed by atoms with Crippen LogP contribution in [-0.2, 0) is 20.7 Å². The van der Waals surface area contributed by atoms with Gasteiger partial charge in [-0.3, -0.25) is 0 Å². The molecule has 0 radical (unpaired) electrons. The van der Waals surface area contributed by atoms with Crippen molar-refractivity contribution >= 4 is 11.9 Å². The lowest BCUT2D eigenvalue weighted by Crippen LogP contribution is -2.32. The molecular weight excluding hydrogens is 712 g/mol. The Morgan fingerprint density at radius 1 is 0.393 bits per heavy atom. The van der Waals surface area contributed by atoms with Crippen molar-refractivity contribution in [1.29, 1.82) is 0 Å². The van der Waals surface area contributed by atoms with Crippen LogP contribution in [0.25, 0.3) is 0 Å². The van der Waals surface area contributed by atoms with Crippen LogP contribution in [0.4, 0.5) is 0 Å². The first-order valence-corrected chi connectivity index (χ1v) is 17.7. The average molecular weight is 739 g/mol. The molecule has 4 aliphatic heterocycles. The molecule has 7 aromatic rings. The predicted molar refractivity (Wildman–Crippen MR) is 199 cm³/mol. The summed E-state index contributed by atoms with van der Waals surface area (Å²) < 4.78 is 37.6. The lowest BCUT2D eigenvalue weighted by Gasteiger charge is -2.36. The highest BCUT2D eigenvalue weighted by molar-refractivity contribution is 5.98. The summed E-state index contributed by atoms with van der Waals surface area (Å²) in [6.45, 7) is 0. The van der Waals surface area contributed by atoms with E-state index in [1.165, 1.54) is 12.1 Å². The second-order valence-electron chi connectivity index (χ2n) is 13.8. The van der Waals surface area contributed by atoms with Crippen molar-refractivity contribution in [1.82, 2.24) is 0 Å². The second kappa shape index (κ2) is 11.4. The second-order valence-corrected chi connectivity index (χ2v) is 13.8. The van der Waals surface area contributed by atoms with Crippen molar-refractivity contribution < 1.29 is 48.2 Å². The zero-order chi connectivity index (χ0) is 37.8. The van der Waals surface area contributed by atoms with Crippen molar-refractivity contribution in [3.05, 3.63) is 190 Å². The standard InChI is InChI=1S/C46H26O10/c47-25-12-16-35-39(20-25)53-41-23-29(14-18-37(41)45(35)33-10-3-1-8-31(33)43(49)55-45)51-27-6-5-7-28(22-27)52-30-15-19-38-42(24-30)54-40-21-26(48)13-17-36(40)46(38)34-11-4-2-9-32(34)44(50)56-46/h1-24,47-48H. The molecule has 0 saturated heterocycles. The molecule has 56 heavy (non-hydrogen) atoms. The maximum Gasteiger partial charge on any atom is 0.340 e. The summed E-state index contributed by atoms with van der Waals surface area (Å²) in [5.41, 5.74) is 2.14. The van der Waals surface area contributed by atoms with Gasteiger partial charge in [0.25, 0.3) is 0 Å². The Labute approximate surface area is 318 Å². The molecule has 10 nitrogen and oxygen atoms in total. The molecule has 11 rings (SSSR count). The molecule has 4 heterocycles. The maximum atomic E-state index is 13.2. The molecule has 10 heteroatoms. The first kappa shape index (κ1) is 31.8. The van der Waals surface area contributed by atoms with Crippen LogP contribution in [0.1, 0.15) is 54.1 Å². The SMILES string of the molecule is O=C1OC2(c3ccc(O)cc3Oc3cc(Oc4cccc(Oc5ccc6c(c5)Oc5cc(O)ccc5C65OC(=O)c6ccccc65)c4)ccc32)c2ccccc21. The highest BCUT2D eigenvalue weighted by Crippen LogP contribution is 2.59. The molecular formula is C46H26O10. The van der Waals surface area contributed by atoms with Crippen LogP contribution in [0.15, 0.2) is 146 Å². The minimum Gasteiger partial charge on any atom is -0.508 e. The van der Waals surface area contributed by atoms with E-state index in [0.29, 0.717) is 90.5 Å². The van der Waals surface area contributed by atoms with Gasteiger partial charge in [0.1, 0.15) is 57.5 Å². The van der Waals surface area contributed by atoms with Crippen LogP contribution in [0.3, 0.4) is 0 Å². The molecule has 270 valence electrons. The van der Waals surface area contributed by atoms with Gasteiger partial charge in [-0.05, 0) is 72.8 Å². The minimum absolute atomic E-state index is 0.00518. The molecule has 2 unspecified atom stereocenters. The fraction of sp³-hybridized carbons (Fsp3) is 0.0435. The predicted octanol–water partition coefficient (Wildman–Crippen LogP) is 9.82. The van der Waals surface area contributed by atoms with E-state index in [0.717, 1.165) is 0 Å². The highest BCUT2D eigenvalue weighted by Gasteiger charge is 2.55. The maximum absolute atomic E-state index is 13.2. The Bertz CT molecular complexity index is 2670. The summed E-state index contributed by atoms with van der Waals surface area (Å²) in [7, 11) is 0. The summed E-state index contributed by atoms with van der Waals surface area (Å²) in [6.07, 6.45) is 0. The first-order valence-electron chi connectivity index (χ1n) is 17.7. The van der Waals surface area contributed by atoms with Gasteiger partial charge in [0.15, 0.2) is 11.2 Å². The summed E-state index contributed by atoms with van der Waals surface area (Å²) in [5, 5.41) is 20.7. The van der Waals surface area contributed by atoms with Gasteiger partial charge in [0.2, 0.25) is 0 Å². The van der Waals surface area contributed by atoms with Gasteiger partial charge < -0.3 is 38.6 Å². The quantitative estimate of drug-likeness (QED) is 0.168. The van der Waals surface area contributed by atoms with Gasteiger partial charge in [-0.25, -0.2) is 9.59 Å². The Kier molecular flexibility index (Phi) is 6.46. The van der Waals surface area contributed by atoms with E-state index in [1.807, 2.05) is 36.4 Å². The largest absolute Gasteiger partial charge is 0.508 e. The van der Waals surface area contributed by atoms with Crippen LogP contribution in [0, 0.1) is 0 Å². The monoisotopic (exact) mass is 738 g/mol. The van der Waals surface area contributed by atoms with E-state index >= 15 is 0 Å². The smallest absolute Gasteiger partial charge is 0.340 e. The van der Waals surface area contributed by atoms with Crippen LogP contribution in [-0.4, -0.2) is 22.2 Å². The third-order valence-corrected chi connectivity index (χ3v) is 10.6. The molecule has 0 saturated carbocycles. The van der Waals surface area contributed by atoms with Gasteiger partial charge in [-0.1, -0.05) is 42.5 Å². The van der Waals surface area contributed by atoms with E-state index in [2.05, 4.69) is 0 Å². The first-order chi connectivity index (χ1) is 27.3. The summed E-state index contributed by atoms with van der Waals surface area (Å²) in [6, 6.07) is 41.7. The zero-order valence-corrected chi connectivity index (χ0v) is 29.0. The normalized spacial score (nSPS) is 18.9. The molecule has 2 N–H and O–H groups in total. The van der Waals surface area contributed by atoms with Crippen LogP contribution >= 0.6 is 0 Å². The topological polar surface area (TPSA) is 130 Å². The lowest BCUT2D eigenvalue weighted by atomic mass is 9.77. The van der Waals surface area contributed by atoms with Crippen molar-refractivity contribution in [3.63, 3.8) is 0 Å². The van der Waals surface area contributed by atoms with E-state index in [-0.39, 0.29) is 11.5 Å². The number of rotatable bonds is 4. The summed E-state index contributed by atoms with van der Waals surface area (Å²) in [4.78, 5) is 26.3. The third-order valence-electron chi connectivity index (χ3n) is 10.6. The molecule has 0 aromatic heterocycles. The number of esters is 2. The Hall–Kier alpha value is -7.72. The van der Waals surface area contributed by atoms with Gasteiger partial charge in [0.05, 0.1) is 11.1 Å². The summed E-state index contributed by atoms with van der Waals surface area (Å²) >= 11 is 0. The lowest BCUT2D eigenvalue weighted by molar-refractivity contribution is 0.0214. The van der Waals surface area contributed by atoms with Gasteiger partial charge in [0, 0.05) is 63.7 Å². The average Bonchev–Trinajstić information content (AvgIpc) is 3.66. The summed E-state index contributed by atoms with van der Waals surface area (Å²) in [5.74, 6) is 2.43. The van der Waals surface area contributed by atoms with Crippen molar-refractivity contribution in [2.75, 3.05) is 0 Å². The van der Waals surface area contributed by atoms with Gasteiger partial charge in [-0.15, -0.1) is 0 Å². The Morgan fingerprint density at radius 2 is 0.786 bits per heavy atom. The van der Waals surface area contributed by atoms with Crippen LogP contribution in [0.2, 0.25) is 0 Å². The number of benzene rings is 7. The molecule has 0 aliphatic carbocycles. The molecule has 0 amide bonds. The van der Waals surface area contributed by atoms with Gasteiger partial charge in [-0.2, -0.15) is 0 Å². The van der Waals surface area contributed by atoms with E-state index in [4.69, 9.17) is 28.4 Å². The molecule has 2 atom stereocenters. The number of carbonyl (C=O) groups is 2. The number of carbonyl (C=O) groups excluding carboxylic acids is 2. The molecule has 0 bridgehead atoms. The highest BCUT2D eigenvalue weighted by atomic mass is 16.6. The van der Waals surface area contributed by atoms with Gasteiger partial charge >= 0.3 is 11.9 Å². The van der Waals surface area contributed by atoms with Crippen molar-refractivity contribution in [2.45, 2.75) is 11.2 Å². The molecule has 4 aliphatic rings. The fourth-order valence-corrected chi connectivity index (χ4v) is 8.29. The number of aromatic hydroxyl groups is 2. The fourth-order valence-electron chi connectivity index (χ4n) is 8.29. The van der Waals surface area contributed by atoms with Crippen LogP contribution < -0.4 is 18.9 Å². The molecule has 0 fully saturated rings. The Morgan fingerprint density at radius 3 is 1.25 bits per heavy atom. The number of hydrogen-bond donors (Lipinski definition) is 2. The number of fused-ring (bicyclic) bond motifs is 12. The number of ether oxygens (including phenoxy) is 6. The third kappa shape index (κ3) is 4.43. The van der Waals surface area contributed by atoms with Crippen molar-refractivity contribution in [2.24, 2.45) is 0 Å². The number of phenols is 2. The molecule has 2 spiro atoms. The van der Waals surface area contributed by atoms with E-state index in [1.54, 1.807) is 97.1 Å². The van der Waals surface area contributed by atoms with Crippen LogP contribution in [0.5, 0.6) is 57.5 Å². The number of phenolic OH excluding ortho intramolecular Hbond substituents is 2. The zero-order valence-electron chi connectivity index (χ0n) is 29.0. The molecule has 7 aromatic carbocycles.